The highest BCUT2D eigenvalue weighted by atomic mass is 32.1. The number of thiophene rings is 1. The van der Waals surface area contributed by atoms with Crippen LogP contribution < -0.4 is 0 Å². The van der Waals surface area contributed by atoms with Crippen molar-refractivity contribution in [3.05, 3.63) is 169 Å². The van der Waals surface area contributed by atoms with Crippen molar-refractivity contribution in [3.8, 4) is 51.0 Å². The predicted molar refractivity (Wildman–Crippen MR) is 221 cm³/mol. The van der Waals surface area contributed by atoms with E-state index in [-0.39, 0.29) is 5.41 Å². The quantitative estimate of drug-likeness (QED) is 0.184. The Bertz CT molecular complexity index is 3020. The maximum atomic E-state index is 5.09. The second kappa shape index (κ2) is 11.3. The minimum Gasteiger partial charge on any atom is -0.309 e. The molecule has 0 spiro atoms. The van der Waals surface area contributed by atoms with Gasteiger partial charge < -0.3 is 4.57 Å². The zero-order valence-corrected chi connectivity index (χ0v) is 30.0. The van der Waals surface area contributed by atoms with Crippen LogP contribution in [0.15, 0.2) is 158 Å². The first-order chi connectivity index (χ1) is 26.1. The molecular formula is C48H32N4S. The van der Waals surface area contributed by atoms with Gasteiger partial charge in [0.2, 0.25) is 0 Å². The molecule has 250 valence electrons. The van der Waals surface area contributed by atoms with Gasteiger partial charge in [0.1, 0.15) is 0 Å². The fourth-order valence-electron chi connectivity index (χ4n) is 8.68. The van der Waals surface area contributed by atoms with Crippen LogP contribution in [0.2, 0.25) is 0 Å². The van der Waals surface area contributed by atoms with E-state index >= 15 is 0 Å². The zero-order valence-electron chi connectivity index (χ0n) is 29.2. The first kappa shape index (κ1) is 30.2. The van der Waals surface area contributed by atoms with Crippen LogP contribution in [-0.4, -0.2) is 19.5 Å². The molecule has 11 rings (SSSR count). The summed E-state index contributed by atoms with van der Waals surface area (Å²) in [6.45, 7) is 4.80. The van der Waals surface area contributed by atoms with Gasteiger partial charge in [-0.05, 0) is 41.0 Å². The fraction of sp³-hybridized carbons (Fsp3) is 0.0625. The lowest BCUT2D eigenvalue weighted by molar-refractivity contribution is 0.667. The van der Waals surface area contributed by atoms with Crippen molar-refractivity contribution in [3.63, 3.8) is 0 Å². The van der Waals surface area contributed by atoms with E-state index in [0.717, 1.165) is 22.4 Å². The number of hydrogen-bond acceptors (Lipinski definition) is 4. The summed E-state index contributed by atoms with van der Waals surface area (Å²) in [5.74, 6) is 1.95. The Morgan fingerprint density at radius 3 is 1.85 bits per heavy atom. The van der Waals surface area contributed by atoms with Crippen LogP contribution in [0.1, 0.15) is 25.0 Å². The summed E-state index contributed by atoms with van der Waals surface area (Å²) in [6.07, 6.45) is 0. The van der Waals surface area contributed by atoms with Crippen LogP contribution in [0.25, 0.3) is 93.0 Å². The molecule has 0 unspecified atom stereocenters. The van der Waals surface area contributed by atoms with E-state index in [2.05, 4.69) is 140 Å². The Labute approximate surface area is 310 Å². The second-order valence-corrected chi connectivity index (χ2v) is 15.4. The Kier molecular flexibility index (Phi) is 6.43. The van der Waals surface area contributed by atoms with Gasteiger partial charge in [0.25, 0.3) is 0 Å². The van der Waals surface area contributed by atoms with Gasteiger partial charge >= 0.3 is 0 Å². The number of benzene rings is 7. The van der Waals surface area contributed by atoms with Crippen LogP contribution in [0.3, 0.4) is 0 Å². The summed E-state index contributed by atoms with van der Waals surface area (Å²) in [5.41, 5.74) is 11.6. The number of hydrogen-bond donors (Lipinski definition) is 0. The van der Waals surface area contributed by atoms with Gasteiger partial charge in [-0.3, -0.25) is 0 Å². The Morgan fingerprint density at radius 2 is 1.11 bits per heavy atom. The number of para-hydroxylation sites is 1. The normalized spacial score (nSPS) is 13.2. The summed E-state index contributed by atoms with van der Waals surface area (Å²) in [7, 11) is 0. The first-order valence-corrected chi connectivity index (χ1v) is 18.9. The summed E-state index contributed by atoms with van der Waals surface area (Å²) >= 11 is 1.92. The first-order valence-electron chi connectivity index (χ1n) is 18.0. The van der Waals surface area contributed by atoms with E-state index in [9.17, 15) is 0 Å². The lowest BCUT2D eigenvalue weighted by Crippen LogP contribution is -2.15. The standard InChI is InChI=1S/C48H32N4S/c1-48(2)36-25-12-9-22-33(36)39-42(48)40-35-24-11-14-27-38(35)53-44(40)41-34-23-10-13-26-37(34)52(43(39)41)32-21-15-20-31(28-32)47-50-45(29-16-5-3-6-17-29)49-46(51-47)30-18-7-4-8-19-30/h3-28H,1-2H3. The summed E-state index contributed by atoms with van der Waals surface area (Å²) in [5, 5.41) is 5.29. The van der Waals surface area contributed by atoms with Crippen molar-refractivity contribution in [2.24, 2.45) is 0 Å². The lowest BCUT2D eigenvalue weighted by atomic mass is 9.80. The summed E-state index contributed by atoms with van der Waals surface area (Å²) < 4.78 is 5.16. The van der Waals surface area contributed by atoms with Crippen LogP contribution in [-0.2, 0) is 5.41 Å². The van der Waals surface area contributed by atoms with E-state index < -0.39 is 0 Å². The molecule has 0 aliphatic heterocycles. The predicted octanol–water partition coefficient (Wildman–Crippen LogP) is 12.6. The summed E-state index contributed by atoms with van der Waals surface area (Å²) in [6, 6.07) is 55.9. The minimum atomic E-state index is -0.183. The molecule has 0 saturated heterocycles. The average molecular weight is 697 g/mol. The Hall–Kier alpha value is -6.43. The van der Waals surface area contributed by atoms with Gasteiger partial charge in [0.05, 0.1) is 11.0 Å². The SMILES string of the molecule is CC1(C)c2ccccc2-c2c1c1c3ccccc3sc1c1c3ccccc3n(-c3cccc(-c4nc(-c5ccccc5)nc(-c5ccccc5)n4)c3)c21. The molecule has 0 atom stereocenters. The fourth-order valence-corrected chi connectivity index (χ4v) is 9.95. The third-order valence-corrected chi connectivity index (χ3v) is 12.2. The summed E-state index contributed by atoms with van der Waals surface area (Å²) in [4.78, 5) is 15.1. The Morgan fingerprint density at radius 1 is 0.528 bits per heavy atom. The van der Waals surface area contributed by atoms with Crippen LogP contribution >= 0.6 is 11.3 Å². The molecule has 0 amide bonds. The molecule has 3 aromatic heterocycles. The zero-order chi connectivity index (χ0) is 35.3. The molecule has 0 saturated carbocycles. The molecule has 53 heavy (non-hydrogen) atoms. The van der Waals surface area contributed by atoms with Gasteiger partial charge in [0.15, 0.2) is 17.5 Å². The van der Waals surface area contributed by atoms with E-state index in [4.69, 9.17) is 15.0 Å². The van der Waals surface area contributed by atoms with Crippen LogP contribution in [0, 0.1) is 0 Å². The van der Waals surface area contributed by atoms with E-state index in [1.807, 2.05) is 47.7 Å². The molecule has 1 aliphatic carbocycles. The second-order valence-electron chi connectivity index (χ2n) is 14.4. The average Bonchev–Trinajstić information content (AvgIpc) is 3.84. The molecule has 1 aliphatic rings. The van der Waals surface area contributed by atoms with E-state index in [1.165, 1.54) is 64.2 Å². The Balaban J connectivity index is 1.24. The third kappa shape index (κ3) is 4.38. The molecular weight excluding hydrogens is 665 g/mol. The maximum absolute atomic E-state index is 5.09. The van der Waals surface area contributed by atoms with Crippen molar-refractivity contribution in [1.82, 2.24) is 19.5 Å². The van der Waals surface area contributed by atoms with Crippen molar-refractivity contribution in [2.45, 2.75) is 19.3 Å². The number of nitrogens with zero attached hydrogens (tertiary/aromatic N) is 4. The highest BCUT2D eigenvalue weighted by Crippen LogP contribution is 2.58. The number of aromatic nitrogens is 4. The van der Waals surface area contributed by atoms with E-state index in [0.29, 0.717) is 17.5 Å². The monoisotopic (exact) mass is 696 g/mol. The van der Waals surface area contributed by atoms with Crippen molar-refractivity contribution in [1.29, 1.82) is 0 Å². The number of rotatable bonds is 4. The topological polar surface area (TPSA) is 43.6 Å². The van der Waals surface area contributed by atoms with Crippen LogP contribution in [0.4, 0.5) is 0 Å². The molecule has 5 heteroatoms. The lowest BCUT2D eigenvalue weighted by Gasteiger charge is -2.23. The largest absolute Gasteiger partial charge is 0.309 e. The minimum absolute atomic E-state index is 0.183. The molecule has 0 N–H and O–H groups in total. The molecule has 0 radical (unpaired) electrons. The molecule has 0 bridgehead atoms. The van der Waals surface area contributed by atoms with Crippen molar-refractivity contribution in [2.75, 3.05) is 0 Å². The van der Waals surface area contributed by atoms with Gasteiger partial charge in [0, 0.05) is 64.3 Å². The molecule has 4 nitrogen and oxygen atoms in total. The molecule has 0 fully saturated rings. The highest BCUT2D eigenvalue weighted by molar-refractivity contribution is 7.26. The van der Waals surface area contributed by atoms with E-state index in [1.54, 1.807) is 0 Å². The van der Waals surface area contributed by atoms with Gasteiger partial charge in [-0.2, -0.15) is 0 Å². The molecule has 7 aromatic carbocycles. The smallest absolute Gasteiger partial charge is 0.164 e. The van der Waals surface area contributed by atoms with Gasteiger partial charge in [-0.15, -0.1) is 11.3 Å². The van der Waals surface area contributed by atoms with Gasteiger partial charge in [-0.25, -0.2) is 15.0 Å². The van der Waals surface area contributed by atoms with Crippen molar-refractivity contribution >= 4 is 53.3 Å². The van der Waals surface area contributed by atoms with Gasteiger partial charge in [-0.1, -0.05) is 147 Å². The third-order valence-electron chi connectivity index (χ3n) is 11.0. The molecule has 3 heterocycles. The van der Waals surface area contributed by atoms with Crippen molar-refractivity contribution < 1.29 is 0 Å². The number of fused-ring (bicyclic) bond motifs is 12. The maximum Gasteiger partial charge on any atom is 0.164 e. The highest BCUT2D eigenvalue weighted by Gasteiger charge is 2.40. The van der Waals surface area contributed by atoms with Crippen LogP contribution in [0.5, 0.6) is 0 Å². The molecule has 10 aromatic rings.